The van der Waals surface area contributed by atoms with Gasteiger partial charge in [-0.25, -0.2) is 13.4 Å². The van der Waals surface area contributed by atoms with Crippen LogP contribution in [0.25, 0.3) is 11.1 Å². The topological polar surface area (TPSA) is 123 Å². The van der Waals surface area contributed by atoms with Crippen LogP contribution >= 0.6 is 11.6 Å². The lowest BCUT2D eigenvalue weighted by molar-refractivity contribution is -0.137. The van der Waals surface area contributed by atoms with E-state index in [0.29, 0.717) is 0 Å². The zero-order valence-corrected chi connectivity index (χ0v) is 17.5. The van der Waals surface area contributed by atoms with Crippen LogP contribution in [0.3, 0.4) is 0 Å². The molecule has 0 spiro atoms. The molecule has 1 unspecified atom stereocenters. The molecule has 1 aliphatic heterocycles. The molecular formula is C18H19ClF3N5O2S. The maximum absolute atomic E-state index is 13.9. The van der Waals surface area contributed by atoms with Crippen molar-refractivity contribution in [3.63, 3.8) is 0 Å². The Morgan fingerprint density at radius 1 is 1.17 bits per heavy atom. The molecule has 1 atom stereocenters. The summed E-state index contributed by atoms with van der Waals surface area (Å²) in [5.74, 6) is -1.82. The Morgan fingerprint density at radius 3 is 2.23 bits per heavy atom. The normalized spacial score (nSPS) is 19.7. The van der Waals surface area contributed by atoms with E-state index >= 15 is 0 Å². The Labute approximate surface area is 176 Å². The monoisotopic (exact) mass is 461 g/mol. The number of aliphatic imine (C=N–C) groups is 1. The molecule has 30 heavy (non-hydrogen) atoms. The maximum atomic E-state index is 13.9. The summed E-state index contributed by atoms with van der Waals surface area (Å²) in [6, 6.07) is 7.17. The summed E-state index contributed by atoms with van der Waals surface area (Å²) in [4.78, 5) is 3.88. The van der Waals surface area contributed by atoms with E-state index in [9.17, 15) is 21.6 Å². The number of hydrazine groups is 1. The zero-order valence-electron chi connectivity index (χ0n) is 15.9. The number of alkyl halides is 3. The van der Waals surface area contributed by atoms with E-state index in [-0.39, 0.29) is 32.6 Å². The molecule has 0 aliphatic carbocycles. The van der Waals surface area contributed by atoms with Crippen LogP contribution in [0.4, 0.5) is 13.2 Å². The fourth-order valence-electron chi connectivity index (χ4n) is 2.97. The van der Waals surface area contributed by atoms with Crippen LogP contribution in [0.15, 0.2) is 46.3 Å². The van der Waals surface area contributed by atoms with Gasteiger partial charge in [0.05, 0.1) is 15.7 Å². The van der Waals surface area contributed by atoms with Crippen LogP contribution in [0.2, 0.25) is 5.02 Å². The largest absolute Gasteiger partial charge is 0.417 e. The number of halogens is 4. The fraction of sp³-hybridized carbons (Fsp3) is 0.278. The summed E-state index contributed by atoms with van der Waals surface area (Å²) in [6.07, 6.45) is -4.77. The van der Waals surface area contributed by atoms with Crippen LogP contribution in [0, 0.1) is 0 Å². The van der Waals surface area contributed by atoms with Crippen LogP contribution in [0.5, 0.6) is 0 Å². The Hall–Kier alpha value is -2.34. The Balaban J connectivity index is 2.16. The van der Waals surface area contributed by atoms with Gasteiger partial charge in [-0.15, -0.1) is 0 Å². The number of sulfone groups is 1. The molecule has 1 heterocycles. The first-order valence-electron chi connectivity index (χ1n) is 8.68. The molecule has 0 fully saturated rings. The first kappa shape index (κ1) is 22.3. The highest BCUT2D eigenvalue weighted by atomic mass is 35.5. The molecule has 3 rings (SSSR count). The lowest BCUT2D eigenvalue weighted by atomic mass is 9.95. The Kier molecular flexibility index (Phi) is 5.52. The van der Waals surface area contributed by atoms with Gasteiger partial charge >= 0.3 is 6.18 Å². The molecular weight excluding hydrogens is 443 g/mol. The van der Waals surface area contributed by atoms with E-state index in [4.69, 9.17) is 23.1 Å². The highest BCUT2D eigenvalue weighted by molar-refractivity contribution is 7.92. The molecule has 12 heteroatoms. The van der Waals surface area contributed by atoms with Gasteiger partial charge < -0.3 is 5.73 Å². The number of guanidine groups is 1. The number of hydrogen-bond acceptors (Lipinski definition) is 7. The van der Waals surface area contributed by atoms with Crippen molar-refractivity contribution < 1.29 is 21.6 Å². The average molecular weight is 462 g/mol. The maximum Gasteiger partial charge on any atom is 0.417 e. The summed E-state index contributed by atoms with van der Waals surface area (Å²) >= 11 is 6.23. The molecule has 1 aliphatic rings. The quantitative estimate of drug-likeness (QED) is 0.555. The van der Waals surface area contributed by atoms with Gasteiger partial charge in [-0.2, -0.15) is 18.6 Å². The standard InChI is InChI=1S/C18H19ClF3N5O2S/c1-9(2)30(28,29)12-5-3-10(4-6-12)15-13(17(20,21)22)7-11(8-14(15)19)18(24)25-16(23)26-27-18/h3-9,27H,24H2,1-2H3,(H3,23,25,26). The van der Waals surface area contributed by atoms with Crippen molar-refractivity contribution >= 4 is 27.4 Å². The van der Waals surface area contributed by atoms with Crippen molar-refractivity contribution in [1.82, 2.24) is 10.9 Å². The van der Waals surface area contributed by atoms with Crippen molar-refractivity contribution in [3.8, 4) is 11.1 Å². The molecule has 0 amide bonds. The van der Waals surface area contributed by atoms with Gasteiger partial charge in [0, 0.05) is 16.1 Å². The predicted octanol–water partition coefficient (Wildman–Crippen LogP) is 2.70. The lowest BCUT2D eigenvalue weighted by Gasteiger charge is -2.24. The summed E-state index contributed by atoms with van der Waals surface area (Å²) < 4.78 is 66.1. The van der Waals surface area contributed by atoms with Crippen LogP contribution in [-0.4, -0.2) is 19.6 Å². The van der Waals surface area contributed by atoms with Gasteiger partial charge in [0.2, 0.25) is 11.7 Å². The Morgan fingerprint density at radius 2 is 1.77 bits per heavy atom. The van der Waals surface area contributed by atoms with Crippen LogP contribution < -0.4 is 22.3 Å². The first-order chi connectivity index (χ1) is 13.8. The second-order valence-electron chi connectivity index (χ2n) is 7.01. The molecule has 2 aromatic rings. The van der Waals surface area contributed by atoms with Crippen LogP contribution in [0.1, 0.15) is 25.0 Å². The molecule has 0 aromatic heterocycles. The highest BCUT2D eigenvalue weighted by Crippen LogP contribution is 2.43. The molecule has 0 saturated heterocycles. The van der Waals surface area contributed by atoms with Crippen molar-refractivity contribution in [1.29, 1.82) is 0 Å². The number of hydrogen-bond donors (Lipinski definition) is 4. The van der Waals surface area contributed by atoms with E-state index in [1.54, 1.807) is 0 Å². The summed E-state index contributed by atoms with van der Waals surface area (Å²) in [5, 5.41) is -0.898. The summed E-state index contributed by atoms with van der Waals surface area (Å²) in [6.45, 7) is 3.04. The SMILES string of the molecule is CC(C)S(=O)(=O)c1ccc(-c2c(Cl)cc(C3(N)N=C(N)NN3)cc2C(F)(F)F)cc1. The van der Waals surface area contributed by atoms with Crippen molar-refractivity contribution in [2.45, 2.75) is 36.0 Å². The van der Waals surface area contributed by atoms with Crippen molar-refractivity contribution in [3.05, 3.63) is 52.5 Å². The van der Waals surface area contributed by atoms with Gasteiger partial charge in [0.15, 0.2) is 9.84 Å². The number of nitrogens with one attached hydrogen (secondary N) is 2. The summed E-state index contributed by atoms with van der Waals surface area (Å²) in [5.41, 5.74) is 15.1. The lowest BCUT2D eigenvalue weighted by Crippen LogP contribution is -2.50. The highest BCUT2D eigenvalue weighted by Gasteiger charge is 2.39. The molecule has 162 valence electrons. The fourth-order valence-corrected chi connectivity index (χ4v) is 4.36. The van der Waals surface area contributed by atoms with E-state index in [1.165, 1.54) is 44.2 Å². The van der Waals surface area contributed by atoms with Crippen molar-refractivity contribution in [2.75, 3.05) is 0 Å². The zero-order chi connectivity index (χ0) is 22.5. The van der Waals surface area contributed by atoms with Crippen LogP contribution in [-0.2, 0) is 21.8 Å². The van der Waals surface area contributed by atoms with E-state index < -0.39 is 32.6 Å². The van der Waals surface area contributed by atoms with E-state index in [1.807, 2.05) is 0 Å². The van der Waals surface area contributed by atoms with E-state index in [0.717, 1.165) is 6.07 Å². The van der Waals surface area contributed by atoms with Crippen molar-refractivity contribution in [2.24, 2.45) is 16.5 Å². The summed E-state index contributed by atoms with van der Waals surface area (Å²) in [7, 11) is -3.57. The minimum atomic E-state index is -4.77. The molecule has 2 aromatic carbocycles. The van der Waals surface area contributed by atoms with Gasteiger partial charge in [-0.3, -0.25) is 11.2 Å². The molecule has 0 saturated carbocycles. The van der Waals surface area contributed by atoms with Gasteiger partial charge in [-0.05, 0) is 43.7 Å². The second-order valence-corrected chi connectivity index (χ2v) is 9.92. The number of rotatable bonds is 4. The average Bonchev–Trinajstić information content (AvgIpc) is 3.00. The van der Waals surface area contributed by atoms with Gasteiger partial charge in [-0.1, -0.05) is 23.7 Å². The first-order valence-corrected chi connectivity index (χ1v) is 10.6. The smallest absolute Gasteiger partial charge is 0.369 e. The second kappa shape index (κ2) is 7.41. The van der Waals surface area contributed by atoms with Gasteiger partial charge in [0.1, 0.15) is 0 Å². The molecule has 0 radical (unpaired) electrons. The number of nitrogens with zero attached hydrogens (tertiary/aromatic N) is 1. The third-order valence-corrected chi connectivity index (χ3v) is 7.07. The van der Waals surface area contributed by atoms with Gasteiger partial charge in [0.25, 0.3) is 0 Å². The minimum Gasteiger partial charge on any atom is -0.369 e. The third kappa shape index (κ3) is 3.97. The predicted molar refractivity (Wildman–Crippen MR) is 108 cm³/mol. The number of nitrogens with two attached hydrogens (primary N) is 2. The van der Waals surface area contributed by atoms with E-state index in [2.05, 4.69) is 15.8 Å². The minimum absolute atomic E-state index is 0.00880. The Bertz CT molecular complexity index is 1120. The molecule has 6 N–H and O–H groups in total. The number of benzene rings is 2. The third-order valence-electron chi connectivity index (χ3n) is 4.61. The molecule has 7 nitrogen and oxygen atoms in total. The molecule has 0 bridgehead atoms.